The fraction of sp³-hybridized carbons (Fsp3) is 0. The van der Waals surface area contributed by atoms with Crippen molar-refractivity contribution in [1.29, 1.82) is 0 Å². The van der Waals surface area contributed by atoms with E-state index in [-0.39, 0.29) is 11.3 Å². The molecule has 0 aliphatic carbocycles. The summed E-state index contributed by atoms with van der Waals surface area (Å²) in [7, 11) is 0. The van der Waals surface area contributed by atoms with E-state index in [1.54, 1.807) is 0 Å². The number of carboxylic acids is 1. The minimum atomic E-state index is -1.08. The van der Waals surface area contributed by atoms with E-state index in [4.69, 9.17) is 10.2 Å². The van der Waals surface area contributed by atoms with Crippen molar-refractivity contribution in [3.05, 3.63) is 26.6 Å². The SMILES string of the molecule is O=C(O)c1cc(O)cc(Br)c1Br. The molecule has 64 valence electrons. The molecular weight excluding hydrogens is 292 g/mol. The van der Waals surface area contributed by atoms with E-state index in [0.29, 0.717) is 8.95 Å². The predicted molar refractivity (Wildman–Crippen MR) is 50.5 cm³/mol. The number of benzene rings is 1. The van der Waals surface area contributed by atoms with E-state index in [1.807, 2.05) is 0 Å². The Morgan fingerprint density at radius 1 is 1.33 bits per heavy atom. The second-order valence-corrected chi connectivity index (χ2v) is 3.74. The van der Waals surface area contributed by atoms with Crippen molar-refractivity contribution < 1.29 is 15.0 Å². The van der Waals surface area contributed by atoms with Crippen molar-refractivity contribution >= 4 is 37.8 Å². The van der Waals surface area contributed by atoms with Gasteiger partial charge in [-0.25, -0.2) is 4.79 Å². The van der Waals surface area contributed by atoms with E-state index in [0.717, 1.165) is 0 Å². The molecule has 0 aliphatic heterocycles. The summed E-state index contributed by atoms with van der Waals surface area (Å²) >= 11 is 6.17. The molecule has 1 aromatic carbocycles. The Labute approximate surface area is 85.3 Å². The minimum absolute atomic E-state index is 0.0295. The molecule has 0 radical (unpaired) electrons. The Morgan fingerprint density at radius 3 is 2.42 bits per heavy atom. The smallest absolute Gasteiger partial charge is 0.337 e. The van der Waals surface area contributed by atoms with Gasteiger partial charge in [0.1, 0.15) is 5.75 Å². The Balaban J connectivity index is 3.37. The number of hydrogen-bond acceptors (Lipinski definition) is 2. The lowest BCUT2D eigenvalue weighted by Gasteiger charge is -2.01. The molecule has 12 heavy (non-hydrogen) atoms. The molecule has 2 N–H and O–H groups in total. The van der Waals surface area contributed by atoms with Gasteiger partial charge in [0.15, 0.2) is 0 Å². The normalized spacial score (nSPS) is 9.83. The number of phenols is 1. The van der Waals surface area contributed by atoms with Gasteiger partial charge in [-0.2, -0.15) is 0 Å². The molecule has 0 aromatic heterocycles. The summed E-state index contributed by atoms with van der Waals surface area (Å²) in [6.45, 7) is 0. The summed E-state index contributed by atoms with van der Waals surface area (Å²) in [6, 6.07) is 2.59. The van der Waals surface area contributed by atoms with Crippen LogP contribution < -0.4 is 0 Å². The second-order valence-electron chi connectivity index (χ2n) is 2.09. The van der Waals surface area contributed by atoms with Gasteiger partial charge in [0, 0.05) is 8.95 Å². The van der Waals surface area contributed by atoms with Crippen LogP contribution in [0.4, 0.5) is 0 Å². The second kappa shape index (κ2) is 3.45. The maximum Gasteiger partial charge on any atom is 0.337 e. The third kappa shape index (κ3) is 1.78. The third-order valence-corrected chi connectivity index (χ3v) is 3.26. The van der Waals surface area contributed by atoms with Gasteiger partial charge in [-0.15, -0.1) is 0 Å². The quantitative estimate of drug-likeness (QED) is 0.837. The number of hydrogen-bond donors (Lipinski definition) is 2. The Hall–Kier alpha value is -0.550. The highest BCUT2D eigenvalue weighted by molar-refractivity contribution is 9.13. The van der Waals surface area contributed by atoms with E-state index in [1.165, 1.54) is 12.1 Å². The Kier molecular flexibility index (Phi) is 2.74. The summed E-state index contributed by atoms with van der Waals surface area (Å²) in [4.78, 5) is 10.6. The maximum atomic E-state index is 10.6. The lowest BCUT2D eigenvalue weighted by Crippen LogP contribution is -1.97. The molecule has 0 saturated carbocycles. The Morgan fingerprint density at radius 2 is 1.92 bits per heavy atom. The van der Waals surface area contributed by atoms with Crippen molar-refractivity contribution in [3.8, 4) is 5.75 Å². The standard InChI is InChI=1S/C7H4Br2O3/c8-5-2-3(10)1-4(6(5)9)7(11)12/h1-2,10H,(H,11,12). The van der Waals surface area contributed by atoms with Crippen LogP contribution in [0.2, 0.25) is 0 Å². The first-order valence-electron chi connectivity index (χ1n) is 2.93. The van der Waals surface area contributed by atoms with Crippen molar-refractivity contribution in [3.63, 3.8) is 0 Å². The van der Waals surface area contributed by atoms with Gasteiger partial charge in [-0.3, -0.25) is 0 Å². The van der Waals surface area contributed by atoms with E-state index >= 15 is 0 Å². The van der Waals surface area contributed by atoms with Crippen LogP contribution in [-0.4, -0.2) is 16.2 Å². The van der Waals surface area contributed by atoms with Gasteiger partial charge >= 0.3 is 5.97 Å². The first-order chi connectivity index (χ1) is 5.52. The van der Waals surface area contributed by atoms with Crippen LogP contribution in [0, 0.1) is 0 Å². The molecule has 0 unspecified atom stereocenters. The highest BCUT2D eigenvalue weighted by atomic mass is 79.9. The molecule has 0 fully saturated rings. The number of aromatic hydroxyl groups is 1. The van der Waals surface area contributed by atoms with Crippen molar-refractivity contribution in [1.82, 2.24) is 0 Å². The number of halogens is 2. The van der Waals surface area contributed by atoms with Gasteiger partial charge in [-0.05, 0) is 44.0 Å². The van der Waals surface area contributed by atoms with E-state index in [9.17, 15) is 4.79 Å². The number of carbonyl (C=O) groups is 1. The molecule has 0 heterocycles. The van der Waals surface area contributed by atoms with Crippen LogP contribution in [0.1, 0.15) is 10.4 Å². The maximum absolute atomic E-state index is 10.6. The molecule has 1 aromatic rings. The zero-order valence-electron chi connectivity index (χ0n) is 5.71. The van der Waals surface area contributed by atoms with Gasteiger partial charge < -0.3 is 10.2 Å². The van der Waals surface area contributed by atoms with Crippen molar-refractivity contribution in [2.75, 3.05) is 0 Å². The number of aromatic carboxylic acids is 1. The van der Waals surface area contributed by atoms with Crippen molar-refractivity contribution in [2.24, 2.45) is 0 Å². The molecule has 0 amide bonds. The molecule has 0 aliphatic rings. The van der Waals surface area contributed by atoms with Gasteiger partial charge in [0.05, 0.1) is 5.56 Å². The molecule has 3 nitrogen and oxygen atoms in total. The average molecular weight is 296 g/mol. The topological polar surface area (TPSA) is 57.5 Å². The third-order valence-electron chi connectivity index (χ3n) is 1.24. The highest BCUT2D eigenvalue weighted by Gasteiger charge is 2.12. The average Bonchev–Trinajstić information content (AvgIpc) is 1.96. The van der Waals surface area contributed by atoms with Crippen LogP contribution in [0.3, 0.4) is 0 Å². The van der Waals surface area contributed by atoms with Crippen LogP contribution in [0.25, 0.3) is 0 Å². The highest BCUT2D eigenvalue weighted by Crippen LogP contribution is 2.30. The van der Waals surface area contributed by atoms with Crippen LogP contribution in [0.5, 0.6) is 5.75 Å². The summed E-state index contributed by atoms with van der Waals surface area (Å²) in [5.41, 5.74) is 0.0295. The minimum Gasteiger partial charge on any atom is -0.508 e. The molecule has 5 heteroatoms. The van der Waals surface area contributed by atoms with Gasteiger partial charge in [0.2, 0.25) is 0 Å². The van der Waals surface area contributed by atoms with Crippen molar-refractivity contribution in [2.45, 2.75) is 0 Å². The first kappa shape index (κ1) is 9.54. The molecule has 0 atom stereocenters. The van der Waals surface area contributed by atoms with Crippen LogP contribution >= 0.6 is 31.9 Å². The summed E-state index contributed by atoms with van der Waals surface area (Å²) in [5.74, 6) is -1.17. The fourth-order valence-electron chi connectivity index (χ4n) is 0.730. The number of carboxylic acid groups (broad SMARTS) is 1. The van der Waals surface area contributed by atoms with E-state index in [2.05, 4.69) is 31.9 Å². The van der Waals surface area contributed by atoms with Gasteiger partial charge in [0.25, 0.3) is 0 Å². The molecule has 0 spiro atoms. The molecule has 0 bridgehead atoms. The van der Waals surface area contributed by atoms with E-state index < -0.39 is 5.97 Å². The van der Waals surface area contributed by atoms with Crippen LogP contribution in [-0.2, 0) is 0 Å². The van der Waals surface area contributed by atoms with Gasteiger partial charge in [-0.1, -0.05) is 0 Å². The number of rotatable bonds is 1. The fourth-order valence-corrected chi connectivity index (χ4v) is 1.58. The summed E-state index contributed by atoms with van der Waals surface area (Å²) in [5, 5.41) is 17.7. The monoisotopic (exact) mass is 294 g/mol. The number of phenolic OH excluding ortho intramolecular Hbond substituents is 1. The predicted octanol–water partition coefficient (Wildman–Crippen LogP) is 2.62. The molecular formula is C7H4Br2O3. The summed E-state index contributed by atoms with van der Waals surface area (Å²) < 4.78 is 0.938. The first-order valence-corrected chi connectivity index (χ1v) is 4.52. The lowest BCUT2D eigenvalue weighted by atomic mass is 10.2. The van der Waals surface area contributed by atoms with Crippen LogP contribution in [0.15, 0.2) is 21.1 Å². The zero-order chi connectivity index (χ0) is 9.30. The zero-order valence-corrected chi connectivity index (χ0v) is 8.89. The molecule has 0 saturated heterocycles. The molecule has 1 rings (SSSR count). The largest absolute Gasteiger partial charge is 0.508 e. The summed E-state index contributed by atoms with van der Waals surface area (Å²) in [6.07, 6.45) is 0. The Bertz CT molecular complexity index is 336. The lowest BCUT2D eigenvalue weighted by molar-refractivity contribution is 0.0695.